The molecule has 0 spiro atoms. The van der Waals surface area contributed by atoms with Crippen LogP contribution in [0.3, 0.4) is 0 Å². The number of halogens is 6. The van der Waals surface area contributed by atoms with Crippen LogP contribution in [-0.4, -0.2) is 61.2 Å². The number of amides is 2. The van der Waals surface area contributed by atoms with Crippen LogP contribution >= 0.6 is 27.5 Å². The number of aromatic nitrogens is 4. The predicted octanol–water partition coefficient (Wildman–Crippen LogP) is 6.09. The molecule has 1 aliphatic rings. The first-order valence-corrected chi connectivity index (χ1v) is 14.4. The summed E-state index contributed by atoms with van der Waals surface area (Å²) in [5, 5.41) is 18.2. The Labute approximate surface area is 266 Å². The highest BCUT2D eigenvalue weighted by molar-refractivity contribution is 9.10. The van der Waals surface area contributed by atoms with Gasteiger partial charge in [-0.2, -0.15) is 5.10 Å². The molecule has 3 heterocycles. The van der Waals surface area contributed by atoms with E-state index in [1.807, 2.05) is 6.07 Å². The summed E-state index contributed by atoms with van der Waals surface area (Å²) in [4.78, 5) is 35.4. The van der Waals surface area contributed by atoms with Gasteiger partial charge < -0.3 is 15.4 Å². The molecular weight excluding hydrogens is 688 g/mol. The van der Waals surface area contributed by atoms with E-state index in [0.717, 1.165) is 39.6 Å². The van der Waals surface area contributed by atoms with Crippen LogP contribution in [0, 0.1) is 5.41 Å². The molecule has 0 bridgehead atoms. The molecule has 0 aliphatic carbocycles. The van der Waals surface area contributed by atoms with Crippen molar-refractivity contribution in [2.45, 2.75) is 44.3 Å². The number of alkyl halides is 4. The third-order valence-electron chi connectivity index (χ3n) is 7.02. The van der Waals surface area contributed by atoms with Gasteiger partial charge in [0, 0.05) is 16.1 Å². The molecule has 1 aliphatic heterocycles. The first-order valence-electron chi connectivity index (χ1n) is 13.2. The second-order valence-corrected chi connectivity index (χ2v) is 11.9. The topological polar surface area (TPSA) is 138 Å². The molecule has 11 nitrogen and oxygen atoms in total. The van der Waals surface area contributed by atoms with Crippen molar-refractivity contribution in [3.63, 3.8) is 0 Å². The van der Waals surface area contributed by atoms with Gasteiger partial charge in [-0.15, -0.1) is 0 Å². The van der Waals surface area contributed by atoms with E-state index >= 15 is 0 Å². The Morgan fingerprint density at radius 2 is 1.93 bits per heavy atom. The van der Waals surface area contributed by atoms with Crippen molar-refractivity contribution in [3.05, 3.63) is 81.4 Å². The highest BCUT2D eigenvalue weighted by Crippen LogP contribution is 2.34. The Balaban J connectivity index is 1.52. The quantitative estimate of drug-likeness (QED) is 0.179. The second-order valence-electron chi connectivity index (χ2n) is 10.5. The summed E-state index contributed by atoms with van der Waals surface area (Å²) in [7, 11) is 0. The lowest BCUT2D eigenvalue weighted by atomic mass is 10.0. The average Bonchev–Trinajstić information content (AvgIpc) is 3.58. The molecular formula is C28H24BrClF4N8O3. The third-order valence-corrected chi connectivity index (χ3v) is 7.77. The van der Waals surface area contributed by atoms with Crippen LogP contribution < -0.4 is 10.6 Å². The van der Waals surface area contributed by atoms with Gasteiger partial charge in [-0.25, -0.2) is 32.0 Å². The molecule has 2 amide bonds. The smallest absolute Gasteiger partial charge is 0.407 e. The van der Waals surface area contributed by atoms with E-state index < -0.39 is 54.9 Å². The second kappa shape index (κ2) is 12.6. The van der Waals surface area contributed by atoms with Gasteiger partial charge in [0.25, 0.3) is 18.8 Å². The number of hydrogen-bond acceptors (Lipinski definition) is 7. The standard InChI is InChI=1S/C28H24BrClF4N8O3/c1-28(2,25(33)34)40-27(44)45-11-20(13-3-5-17(30)19(9-13)42-23(22(31)32)37-12-38-42)41-24(43)21(39-26(41)35)14-4-6-18-15(7-14)8-16(29)10-36-18/h3-10,12,20-22,25H,11H2,1-2H3,(H2,35,39)(H,40,44)/t20-,21-/m1/s1. The predicted molar refractivity (Wildman–Crippen MR) is 159 cm³/mol. The van der Waals surface area contributed by atoms with Crippen molar-refractivity contribution in [1.82, 2.24) is 35.3 Å². The summed E-state index contributed by atoms with van der Waals surface area (Å²) >= 11 is 9.71. The third kappa shape index (κ3) is 6.56. The monoisotopic (exact) mass is 710 g/mol. The Morgan fingerprint density at radius 3 is 2.64 bits per heavy atom. The maximum absolute atomic E-state index is 13.9. The fraction of sp³-hybridized carbons (Fsp3) is 0.286. The summed E-state index contributed by atoms with van der Waals surface area (Å²) in [6.45, 7) is 1.60. The molecule has 5 rings (SSSR count). The summed E-state index contributed by atoms with van der Waals surface area (Å²) in [6, 6.07) is 8.85. The SMILES string of the molecule is CC(C)(NC(=O)OC[C@H](c1ccc(Cl)c(-n2ncnc2C(F)F)c1)N1C(=N)N[C@H](c2ccc3ncc(Br)cc3c2)C1=O)C(F)F. The lowest BCUT2D eigenvalue weighted by Gasteiger charge is -2.29. The van der Waals surface area contributed by atoms with Crippen LogP contribution in [0.2, 0.25) is 5.02 Å². The Kier molecular flexibility index (Phi) is 8.98. The number of nitrogens with one attached hydrogen (secondary N) is 3. The van der Waals surface area contributed by atoms with Crippen molar-refractivity contribution in [2.24, 2.45) is 0 Å². The Bertz CT molecular complexity index is 1790. The number of rotatable bonds is 9. The lowest BCUT2D eigenvalue weighted by Crippen LogP contribution is -2.49. The number of carbonyl (C=O) groups is 2. The zero-order valence-electron chi connectivity index (χ0n) is 23.4. The highest BCUT2D eigenvalue weighted by Gasteiger charge is 2.42. The van der Waals surface area contributed by atoms with Gasteiger partial charge in [0.2, 0.25) is 0 Å². The first-order chi connectivity index (χ1) is 21.3. The number of ether oxygens (including phenoxy) is 1. The van der Waals surface area contributed by atoms with Crippen LogP contribution in [0.1, 0.15) is 49.3 Å². The Hall–Kier alpha value is -4.31. The van der Waals surface area contributed by atoms with Crippen LogP contribution in [0.5, 0.6) is 0 Å². The average molecular weight is 712 g/mol. The van der Waals surface area contributed by atoms with E-state index in [-0.39, 0.29) is 22.2 Å². The van der Waals surface area contributed by atoms with E-state index in [0.29, 0.717) is 11.1 Å². The molecule has 0 radical (unpaired) electrons. The van der Waals surface area contributed by atoms with E-state index in [1.165, 1.54) is 18.2 Å². The van der Waals surface area contributed by atoms with Gasteiger partial charge in [-0.1, -0.05) is 23.7 Å². The molecule has 0 saturated carbocycles. The molecule has 1 fully saturated rings. The van der Waals surface area contributed by atoms with Gasteiger partial charge in [0.15, 0.2) is 11.8 Å². The van der Waals surface area contributed by atoms with E-state index in [4.69, 9.17) is 21.7 Å². The van der Waals surface area contributed by atoms with Gasteiger partial charge in [0.05, 0.1) is 27.8 Å². The number of pyridine rings is 1. The van der Waals surface area contributed by atoms with Crippen LogP contribution in [0.25, 0.3) is 16.6 Å². The van der Waals surface area contributed by atoms with E-state index in [9.17, 15) is 27.2 Å². The molecule has 236 valence electrons. The number of guanidine groups is 1. The van der Waals surface area contributed by atoms with Crippen LogP contribution in [0.4, 0.5) is 22.4 Å². The van der Waals surface area contributed by atoms with Crippen molar-refractivity contribution in [2.75, 3.05) is 6.61 Å². The van der Waals surface area contributed by atoms with E-state index in [1.54, 1.807) is 24.4 Å². The highest BCUT2D eigenvalue weighted by atomic mass is 79.9. The Morgan fingerprint density at radius 1 is 1.18 bits per heavy atom. The maximum Gasteiger partial charge on any atom is 0.407 e. The van der Waals surface area contributed by atoms with Crippen LogP contribution in [-0.2, 0) is 9.53 Å². The zero-order valence-corrected chi connectivity index (χ0v) is 25.8. The molecule has 2 aromatic carbocycles. The molecule has 0 unspecified atom stereocenters. The molecule has 3 N–H and O–H groups in total. The fourth-order valence-corrected chi connectivity index (χ4v) is 5.21. The number of hydrogen-bond donors (Lipinski definition) is 3. The molecule has 4 aromatic rings. The van der Waals surface area contributed by atoms with Gasteiger partial charge >= 0.3 is 6.09 Å². The fourth-order valence-electron chi connectivity index (χ4n) is 4.67. The summed E-state index contributed by atoms with van der Waals surface area (Å²) < 4.78 is 60.8. The minimum Gasteiger partial charge on any atom is -0.447 e. The summed E-state index contributed by atoms with van der Waals surface area (Å²) in [6.07, 6.45) is -4.56. The summed E-state index contributed by atoms with van der Waals surface area (Å²) in [5.74, 6) is -1.65. The zero-order chi connectivity index (χ0) is 32.6. The van der Waals surface area contributed by atoms with Crippen molar-refractivity contribution in [1.29, 1.82) is 5.41 Å². The van der Waals surface area contributed by atoms with Crippen molar-refractivity contribution >= 4 is 56.4 Å². The van der Waals surface area contributed by atoms with Crippen molar-refractivity contribution < 1.29 is 31.9 Å². The molecule has 2 aromatic heterocycles. The molecule has 2 atom stereocenters. The lowest BCUT2D eigenvalue weighted by molar-refractivity contribution is -0.129. The first kappa shape index (κ1) is 32.1. The number of nitrogens with zero attached hydrogens (tertiary/aromatic N) is 5. The van der Waals surface area contributed by atoms with Gasteiger partial charge in [0.1, 0.15) is 19.0 Å². The maximum atomic E-state index is 13.9. The summed E-state index contributed by atoms with van der Waals surface area (Å²) in [5.41, 5.74) is -0.560. The number of carbonyl (C=O) groups excluding carboxylic acids is 2. The normalized spacial score (nSPS) is 16.0. The minimum absolute atomic E-state index is 0.0111. The number of fused-ring (bicyclic) bond motifs is 1. The molecule has 17 heteroatoms. The van der Waals surface area contributed by atoms with Crippen molar-refractivity contribution in [3.8, 4) is 5.69 Å². The number of alkyl carbamates (subject to hydrolysis) is 1. The van der Waals surface area contributed by atoms with E-state index in [2.05, 4.69) is 41.6 Å². The number of benzene rings is 2. The molecule has 45 heavy (non-hydrogen) atoms. The molecule has 1 saturated heterocycles. The largest absolute Gasteiger partial charge is 0.447 e. The minimum atomic E-state index is -3.00. The van der Waals surface area contributed by atoms with Gasteiger partial charge in [-0.3, -0.25) is 20.1 Å². The van der Waals surface area contributed by atoms with Gasteiger partial charge in [-0.05, 0) is 71.2 Å². The van der Waals surface area contributed by atoms with Crippen LogP contribution in [0.15, 0.2) is 59.5 Å².